The van der Waals surface area contributed by atoms with Gasteiger partial charge in [-0.3, -0.25) is 9.05 Å². The number of rotatable bonds is 29. The van der Waals surface area contributed by atoms with Gasteiger partial charge in [-0.05, 0) is 19.8 Å². The summed E-state index contributed by atoms with van der Waals surface area (Å²) in [6.07, 6.45) is 23.8. The Morgan fingerprint density at radius 3 is 1.83 bits per heavy atom. The van der Waals surface area contributed by atoms with Crippen LogP contribution in [0.15, 0.2) is 24.5 Å². The number of hydrogen-bond donors (Lipinski definition) is 1. The molecule has 8 nitrogen and oxygen atoms in total. The lowest BCUT2D eigenvalue weighted by atomic mass is 10.0. The molecule has 0 saturated heterocycles. The molecule has 1 heterocycles. The van der Waals surface area contributed by atoms with E-state index in [-0.39, 0.29) is 13.2 Å². The molecule has 0 aliphatic rings. The van der Waals surface area contributed by atoms with Gasteiger partial charge in [-0.25, -0.2) is 9.13 Å². The van der Waals surface area contributed by atoms with Crippen molar-refractivity contribution in [3.05, 3.63) is 24.5 Å². The summed E-state index contributed by atoms with van der Waals surface area (Å²) < 4.78 is 36.1. The highest BCUT2D eigenvalue weighted by atomic mass is 31.2. The molecule has 41 heavy (non-hydrogen) atoms. The molecule has 0 saturated carbocycles. The van der Waals surface area contributed by atoms with Gasteiger partial charge in [-0.1, -0.05) is 90.4 Å². The van der Waals surface area contributed by atoms with Crippen LogP contribution in [0.2, 0.25) is 0 Å². The highest BCUT2D eigenvalue weighted by Crippen LogP contribution is 2.43. The largest absolute Gasteiger partial charge is 0.472 e. The van der Waals surface area contributed by atoms with E-state index in [2.05, 4.69) is 28.5 Å². The predicted octanol–water partition coefficient (Wildman–Crippen LogP) is 7.86. The van der Waals surface area contributed by atoms with E-state index in [1.54, 1.807) is 0 Å². The topological polar surface area (TPSA) is 81.3 Å². The first kappa shape index (κ1) is 38.0. The summed E-state index contributed by atoms with van der Waals surface area (Å²) in [5.41, 5.74) is 1.15. The Labute approximate surface area is 251 Å². The SMILES string of the molecule is CCCCCCCCCCCCCCCCOC[C@@H](COP(=O)(O)OCCCC[n+]1ccc(N(C)C)cc1)OCC. The lowest BCUT2D eigenvalue weighted by Crippen LogP contribution is -2.33. The minimum atomic E-state index is -4.12. The minimum absolute atomic E-state index is 0.0333. The molecule has 0 aliphatic heterocycles. The Morgan fingerprint density at radius 2 is 1.29 bits per heavy atom. The maximum Gasteiger partial charge on any atom is 0.472 e. The number of ether oxygens (including phenoxy) is 2. The first-order chi connectivity index (χ1) is 19.9. The number of phosphoric acid groups is 1. The first-order valence-corrected chi connectivity index (χ1v) is 17.8. The molecule has 1 aromatic rings. The summed E-state index contributed by atoms with van der Waals surface area (Å²) in [5.74, 6) is 0. The van der Waals surface area contributed by atoms with Gasteiger partial charge in [0.15, 0.2) is 12.4 Å². The third-order valence-electron chi connectivity index (χ3n) is 7.23. The van der Waals surface area contributed by atoms with E-state index < -0.39 is 13.9 Å². The van der Waals surface area contributed by atoms with Gasteiger partial charge >= 0.3 is 7.82 Å². The number of anilines is 1. The summed E-state index contributed by atoms with van der Waals surface area (Å²) >= 11 is 0. The van der Waals surface area contributed by atoms with Gasteiger partial charge in [0.05, 0.1) is 19.8 Å². The van der Waals surface area contributed by atoms with Gasteiger partial charge in [0.1, 0.15) is 12.6 Å². The fourth-order valence-corrected chi connectivity index (χ4v) is 5.47. The van der Waals surface area contributed by atoms with Crippen LogP contribution < -0.4 is 9.47 Å². The van der Waals surface area contributed by atoms with Crippen molar-refractivity contribution < 1.29 is 32.5 Å². The minimum Gasteiger partial charge on any atom is -0.379 e. The molecular weight excluding hydrogens is 539 g/mol. The Morgan fingerprint density at radius 1 is 0.756 bits per heavy atom. The number of nitrogens with zero attached hydrogens (tertiary/aromatic N) is 2. The predicted molar refractivity (Wildman–Crippen MR) is 168 cm³/mol. The van der Waals surface area contributed by atoms with E-state index in [0.29, 0.717) is 26.2 Å². The normalized spacial score (nSPS) is 13.8. The third kappa shape index (κ3) is 22.2. The zero-order chi connectivity index (χ0) is 30.0. The average molecular weight is 602 g/mol. The molecular formula is C32H62N2O6P+. The first-order valence-electron chi connectivity index (χ1n) is 16.4. The van der Waals surface area contributed by atoms with Crippen molar-refractivity contribution in [2.24, 2.45) is 0 Å². The molecule has 0 radical (unpaired) electrons. The lowest BCUT2D eigenvalue weighted by Gasteiger charge is -2.19. The molecule has 0 aromatic carbocycles. The van der Waals surface area contributed by atoms with Crippen LogP contribution in [0.3, 0.4) is 0 Å². The van der Waals surface area contributed by atoms with Crippen LogP contribution in [0.5, 0.6) is 0 Å². The zero-order valence-corrected chi connectivity index (χ0v) is 27.7. The van der Waals surface area contributed by atoms with E-state index in [0.717, 1.165) is 25.1 Å². The fraction of sp³-hybridized carbons (Fsp3) is 0.844. The molecule has 9 heteroatoms. The van der Waals surface area contributed by atoms with Crippen molar-refractivity contribution in [2.75, 3.05) is 52.0 Å². The molecule has 1 aromatic heterocycles. The van der Waals surface area contributed by atoms with Crippen LogP contribution in [0.4, 0.5) is 5.69 Å². The van der Waals surface area contributed by atoms with Crippen molar-refractivity contribution >= 4 is 13.5 Å². The number of phosphoric ester groups is 1. The maximum atomic E-state index is 12.3. The Hall–Kier alpha value is -1.02. The van der Waals surface area contributed by atoms with Gasteiger partial charge < -0.3 is 19.3 Å². The summed E-state index contributed by atoms with van der Waals surface area (Å²) in [4.78, 5) is 12.1. The summed E-state index contributed by atoms with van der Waals surface area (Å²) in [6, 6.07) is 4.12. The second-order valence-electron chi connectivity index (χ2n) is 11.2. The number of hydrogen-bond acceptors (Lipinski definition) is 6. The second kappa shape index (κ2) is 25.5. The Bertz CT molecular complexity index is 765. The fourth-order valence-electron chi connectivity index (χ4n) is 4.68. The molecule has 2 atom stereocenters. The summed E-state index contributed by atoms with van der Waals surface area (Å²) in [7, 11) is -0.101. The van der Waals surface area contributed by atoms with Crippen molar-refractivity contribution in [1.82, 2.24) is 0 Å². The summed E-state index contributed by atoms with van der Waals surface area (Å²) in [5, 5.41) is 0. The van der Waals surface area contributed by atoms with Gasteiger partial charge in [0.2, 0.25) is 0 Å². The Kier molecular flexibility index (Phi) is 23.6. The van der Waals surface area contributed by atoms with E-state index in [1.807, 2.05) is 33.4 Å². The average Bonchev–Trinajstić information content (AvgIpc) is 2.95. The van der Waals surface area contributed by atoms with Crippen molar-refractivity contribution in [3.8, 4) is 0 Å². The molecule has 0 spiro atoms. The highest BCUT2D eigenvalue weighted by molar-refractivity contribution is 7.47. The molecule has 0 aliphatic carbocycles. The molecule has 1 unspecified atom stereocenters. The number of pyridine rings is 1. The molecule has 240 valence electrons. The van der Waals surface area contributed by atoms with Crippen LogP contribution >= 0.6 is 7.82 Å². The van der Waals surface area contributed by atoms with Crippen LogP contribution in [0, 0.1) is 0 Å². The van der Waals surface area contributed by atoms with Crippen molar-refractivity contribution in [3.63, 3.8) is 0 Å². The van der Waals surface area contributed by atoms with Gasteiger partial charge in [0.25, 0.3) is 0 Å². The van der Waals surface area contributed by atoms with E-state index in [9.17, 15) is 9.46 Å². The molecule has 0 bridgehead atoms. The quantitative estimate of drug-likeness (QED) is 0.0569. The lowest BCUT2D eigenvalue weighted by molar-refractivity contribution is -0.697. The monoisotopic (exact) mass is 601 g/mol. The molecule has 1 rings (SSSR count). The zero-order valence-electron chi connectivity index (χ0n) is 26.8. The van der Waals surface area contributed by atoms with Gasteiger partial charge in [-0.2, -0.15) is 0 Å². The maximum absolute atomic E-state index is 12.3. The van der Waals surface area contributed by atoms with E-state index in [1.165, 1.54) is 83.5 Å². The number of aromatic nitrogens is 1. The molecule has 0 fully saturated rings. The smallest absolute Gasteiger partial charge is 0.379 e. The number of unbranched alkanes of at least 4 members (excludes halogenated alkanes) is 14. The number of aryl methyl sites for hydroxylation is 1. The van der Waals surface area contributed by atoms with Crippen LogP contribution in [-0.2, 0) is 29.6 Å². The van der Waals surface area contributed by atoms with Crippen LogP contribution in [-0.4, -0.2) is 58.1 Å². The van der Waals surface area contributed by atoms with Crippen molar-refractivity contribution in [2.45, 2.75) is 129 Å². The van der Waals surface area contributed by atoms with Gasteiger partial charge in [-0.15, -0.1) is 0 Å². The van der Waals surface area contributed by atoms with Crippen LogP contribution in [0.1, 0.15) is 117 Å². The van der Waals surface area contributed by atoms with Crippen molar-refractivity contribution in [1.29, 1.82) is 0 Å². The van der Waals surface area contributed by atoms with Crippen LogP contribution in [0.25, 0.3) is 0 Å². The molecule has 1 N–H and O–H groups in total. The van der Waals surface area contributed by atoms with E-state index in [4.69, 9.17) is 18.5 Å². The third-order valence-corrected chi connectivity index (χ3v) is 8.21. The van der Waals surface area contributed by atoms with E-state index >= 15 is 0 Å². The highest BCUT2D eigenvalue weighted by Gasteiger charge is 2.23. The standard InChI is InChI=1S/C32H61N2O6P/c1-5-7-8-9-10-11-12-13-14-15-16-17-18-20-27-37-29-32(38-6-2)30-40-41(35,36)39-28-21-19-24-34-25-22-31(23-26-34)33(3)4/h22-23,25-26,32H,5-21,24,27-30H2,1-4H3/p+1/t32-/m0/s1. The van der Waals surface area contributed by atoms with Gasteiger partial charge in [0, 0.05) is 51.6 Å². The molecule has 0 amide bonds. The Balaban J connectivity index is 2.02. The summed E-state index contributed by atoms with van der Waals surface area (Å²) in [6.45, 7) is 6.61. The second-order valence-corrected chi connectivity index (χ2v) is 12.7.